The molecule has 2 nitrogen and oxygen atoms in total. The SMILES string of the molecule is CC=O.Clc1cccnc1. The van der Waals surface area contributed by atoms with Gasteiger partial charge >= 0.3 is 0 Å². The van der Waals surface area contributed by atoms with E-state index in [1.165, 1.54) is 6.92 Å². The average Bonchev–Trinajstić information content (AvgIpc) is 1.91. The van der Waals surface area contributed by atoms with E-state index < -0.39 is 0 Å². The van der Waals surface area contributed by atoms with Crippen molar-refractivity contribution in [1.29, 1.82) is 0 Å². The molecule has 0 bridgehead atoms. The summed E-state index contributed by atoms with van der Waals surface area (Å²) in [5.74, 6) is 0. The van der Waals surface area contributed by atoms with E-state index in [1.807, 2.05) is 0 Å². The number of hydrogen-bond acceptors (Lipinski definition) is 2. The van der Waals surface area contributed by atoms with Crippen molar-refractivity contribution in [2.75, 3.05) is 0 Å². The lowest BCUT2D eigenvalue weighted by atomic mass is 10.5. The Bertz CT molecular complexity index is 176. The summed E-state index contributed by atoms with van der Waals surface area (Å²) < 4.78 is 0. The number of carbonyl (C=O) groups is 1. The molecule has 0 aliphatic carbocycles. The summed E-state index contributed by atoms with van der Waals surface area (Å²) in [4.78, 5) is 12.6. The zero-order chi connectivity index (χ0) is 7.82. The number of aldehydes is 1. The molecule has 0 saturated heterocycles. The summed E-state index contributed by atoms with van der Waals surface area (Å²) >= 11 is 5.48. The number of halogens is 1. The van der Waals surface area contributed by atoms with Gasteiger partial charge in [-0.25, -0.2) is 0 Å². The summed E-state index contributed by atoms with van der Waals surface area (Å²) in [5, 5.41) is 0.683. The van der Waals surface area contributed by atoms with Gasteiger partial charge in [-0.15, -0.1) is 0 Å². The molecule has 0 atom stereocenters. The first-order valence-electron chi connectivity index (χ1n) is 2.76. The lowest BCUT2D eigenvalue weighted by Crippen LogP contribution is -1.64. The highest BCUT2D eigenvalue weighted by Crippen LogP contribution is 2.00. The molecule has 0 aliphatic rings. The van der Waals surface area contributed by atoms with Crippen LogP contribution in [0.1, 0.15) is 6.92 Å². The summed E-state index contributed by atoms with van der Waals surface area (Å²) in [5.41, 5.74) is 0. The second kappa shape index (κ2) is 6.23. The van der Waals surface area contributed by atoms with Gasteiger partial charge in [-0.05, 0) is 19.1 Å². The maximum absolute atomic E-state index is 8.81. The molecule has 54 valence electrons. The second-order valence-corrected chi connectivity index (χ2v) is 1.84. The van der Waals surface area contributed by atoms with E-state index in [1.54, 1.807) is 24.5 Å². The quantitative estimate of drug-likeness (QED) is 0.539. The Hall–Kier alpha value is -0.890. The number of pyridine rings is 1. The van der Waals surface area contributed by atoms with Gasteiger partial charge < -0.3 is 4.79 Å². The van der Waals surface area contributed by atoms with Crippen LogP contribution in [0.4, 0.5) is 0 Å². The van der Waals surface area contributed by atoms with Crippen molar-refractivity contribution < 1.29 is 4.79 Å². The standard InChI is InChI=1S/C5H4ClN.C2H4O/c6-5-2-1-3-7-4-5;1-2-3/h1-4H;2H,1H3. The monoisotopic (exact) mass is 157 g/mol. The van der Waals surface area contributed by atoms with Crippen LogP contribution in [0.15, 0.2) is 24.5 Å². The second-order valence-electron chi connectivity index (χ2n) is 1.41. The molecule has 0 radical (unpaired) electrons. The molecule has 0 N–H and O–H groups in total. The normalized spacial score (nSPS) is 7.40. The highest BCUT2D eigenvalue weighted by molar-refractivity contribution is 6.30. The minimum Gasteiger partial charge on any atom is -0.304 e. The van der Waals surface area contributed by atoms with E-state index in [2.05, 4.69) is 4.98 Å². The molecule has 1 heterocycles. The van der Waals surface area contributed by atoms with Crippen LogP contribution < -0.4 is 0 Å². The Morgan fingerprint density at radius 1 is 1.70 bits per heavy atom. The number of rotatable bonds is 0. The zero-order valence-electron chi connectivity index (χ0n) is 5.62. The summed E-state index contributed by atoms with van der Waals surface area (Å²) in [6, 6.07) is 3.58. The molecule has 1 rings (SSSR count). The molecule has 0 spiro atoms. The molecule has 1 aromatic heterocycles. The van der Waals surface area contributed by atoms with Crippen LogP contribution in [-0.4, -0.2) is 11.3 Å². The minimum absolute atomic E-state index is 0.683. The Kier molecular flexibility index (Phi) is 5.68. The van der Waals surface area contributed by atoms with Crippen LogP contribution >= 0.6 is 11.6 Å². The van der Waals surface area contributed by atoms with Gasteiger partial charge in [0.2, 0.25) is 0 Å². The predicted octanol–water partition coefficient (Wildman–Crippen LogP) is 1.94. The molecule has 3 heteroatoms. The van der Waals surface area contributed by atoms with Crippen molar-refractivity contribution in [3.8, 4) is 0 Å². The molecular weight excluding hydrogens is 150 g/mol. The molecule has 1 aromatic rings. The maximum atomic E-state index is 8.81. The van der Waals surface area contributed by atoms with Crippen LogP contribution in [0.5, 0.6) is 0 Å². The van der Waals surface area contributed by atoms with E-state index in [4.69, 9.17) is 16.4 Å². The fourth-order valence-electron chi connectivity index (χ4n) is 0.342. The van der Waals surface area contributed by atoms with Crippen LogP contribution in [0.3, 0.4) is 0 Å². The highest BCUT2D eigenvalue weighted by Gasteiger charge is 1.76. The van der Waals surface area contributed by atoms with Crippen molar-refractivity contribution in [3.05, 3.63) is 29.5 Å². The van der Waals surface area contributed by atoms with Crippen LogP contribution in [0.25, 0.3) is 0 Å². The van der Waals surface area contributed by atoms with Gasteiger partial charge in [0.15, 0.2) is 0 Å². The largest absolute Gasteiger partial charge is 0.304 e. The number of hydrogen-bond donors (Lipinski definition) is 0. The van der Waals surface area contributed by atoms with Crippen molar-refractivity contribution in [1.82, 2.24) is 4.98 Å². The van der Waals surface area contributed by atoms with Gasteiger partial charge in [0.1, 0.15) is 6.29 Å². The molecule has 0 aromatic carbocycles. The first-order chi connectivity index (χ1) is 4.81. The molecule has 10 heavy (non-hydrogen) atoms. The zero-order valence-corrected chi connectivity index (χ0v) is 6.38. The third-order valence-electron chi connectivity index (χ3n) is 0.625. The van der Waals surface area contributed by atoms with Crippen LogP contribution in [0.2, 0.25) is 5.02 Å². The third-order valence-corrected chi connectivity index (χ3v) is 0.849. The molecule has 0 saturated carbocycles. The van der Waals surface area contributed by atoms with Crippen LogP contribution in [-0.2, 0) is 4.79 Å². The smallest absolute Gasteiger partial charge is 0.116 e. The maximum Gasteiger partial charge on any atom is 0.116 e. The molecule has 0 aliphatic heterocycles. The van der Waals surface area contributed by atoms with Gasteiger partial charge in [-0.1, -0.05) is 11.6 Å². The van der Waals surface area contributed by atoms with Gasteiger partial charge in [0.05, 0.1) is 5.02 Å². The third kappa shape index (κ3) is 5.25. The topological polar surface area (TPSA) is 30.0 Å². The van der Waals surface area contributed by atoms with Gasteiger partial charge in [0, 0.05) is 12.4 Å². The fourth-order valence-corrected chi connectivity index (χ4v) is 0.471. The van der Waals surface area contributed by atoms with E-state index in [0.717, 1.165) is 6.29 Å². The molecule has 0 amide bonds. The first-order valence-corrected chi connectivity index (χ1v) is 3.14. The average molecular weight is 158 g/mol. The summed E-state index contributed by atoms with van der Waals surface area (Å²) in [7, 11) is 0. The van der Waals surface area contributed by atoms with Gasteiger partial charge in [-0.2, -0.15) is 0 Å². The van der Waals surface area contributed by atoms with E-state index in [-0.39, 0.29) is 0 Å². The van der Waals surface area contributed by atoms with Crippen molar-refractivity contribution in [2.45, 2.75) is 6.92 Å². The van der Waals surface area contributed by atoms with Crippen molar-refractivity contribution in [2.24, 2.45) is 0 Å². The number of carbonyl (C=O) groups excluding carboxylic acids is 1. The molecule has 0 unspecified atom stereocenters. The van der Waals surface area contributed by atoms with E-state index in [9.17, 15) is 0 Å². The summed E-state index contributed by atoms with van der Waals surface area (Å²) in [6.45, 7) is 1.44. The Morgan fingerprint density at radius 2 is 2.30 bits per heavy atom. The fraction of sp³-hybridized carbons (Fsp3) is 0.143. The van der Waals surface area contributed by atoms with Gasteiger partial charge in [0.25, 0.3) is 0 Å². The lowest BCUT2D eigenvalue weighted by molar-refractivity contribution is -0.106. The Balaban J connectivity index is 0.000000236. The Morgan fingerprint density at radius 3 is 2.50 bits per heavy atom. The van der Waals surface area contributed by atoms with E-state index >= 15 is 0 Å². The Labute approximate surface area is 64.9 Å². The first kappa shape index (κ1) is 9.11. The van der Waals surface area contributed by atoms with Crippen molar-refractivity contribution >= 4 is 17.9 Å². The minimum atomic E-state index is 0.683. The highest BCUT2D eigenvalue weighted by atomic mass is 35.5. The van der Waals surface area contributed by atoms with E-state index in [0.29, 0.717) is 5.02 Å². The summed E-state index contributed by atoms with van der Waals surface area (Å²) in [6.07, 6.45) is 4.04. The predicted molar refractivity (Wildman–Crippen MR) is 41.0 cm³/mol. The van der Waals surface area contributed by atoms with Crippen molar-refractivity contribution in [3.63, 3.8) is 0 Å². The molecule has 0 fully saturated rings. The van der Waals surface area contributed by atoms with Gasteiger partial charge in [-0.3, -0.25) is 4.98 Å². The van der Waals surface area contributed by atoms with Crippen LogP contribution in [0, 0.1) is 0 Å². The lowest BCUT2D eigenvalue weighted by Gasteiger charge is -1.79. The molecular formula is C7H8ClNO. The number of aromatic nitrogens is 1. The number of nitrogens with zero attached hydrogens (tertiary/aromatic N) is 1.